The summed E-state index contributed by atoms with van der Waals surface area (Å²) < 4.78 is 4.64. The molecule has 0 N–H and O–H groups in total. The molecule has 3 heteroatoms. The third kappa shape index (κ3) is 1.97. The Bertz CT molecular complexity index is 160. The number of carbonyl (C=O) groups excluding carboxylic acids is 1. The second kappa shape index (κ2) is 3.90. The maximum atomic E-state index is 11.0. The van der Waals surface area contributed by atoms with E-state index < -0.39 is 0 Å². The molecule has 0 aromatic rings. The van der Waals surface area contributed by atoms with Crippen molar-refractivity contribution >= 4 is 5.97 Å². The summed E-state index contributed by atoms with van der Waals surface area (Å²) in [5.41, 5.74) is 0. The standard InChI is InChI=1S/C9H17NO2/c1-7-4-5-10(2)8(7)6-9(11)12-3/h7-8H,4-6H2,1-3H3/t7-,8+/m0/s1. The van der Waals surface area contributed by atoms with Gasteiger partial charge >= 0.3 is 5.97 Å². The van der Waals surface area contributed by atoms with Crippen LogP contribution in [0.5, 0.6) is 0 Å². The van der Waals surface area contributed by atoms with E-state index in [4.69, 9.17) is 0 Å². The van der Waals surface area contributed by atoms with Crippen molar-refractivity contribution in [1.29, 1.82) is 0 Å². The summed E-state index contributed by atoms with van der Waals surface area (Å²) >= 11 is 0. The van der Waals surface area contributed by atoms with Gasteiger partial charge in [-0.25, -0.2) is 0 Å². The van der Waals surface area contributed by atoms with Crippen LogP contribution in [0.15, 0.2) is 0 Å². The van der Waals surface area contributed by atoms with Gasteiger partial charge in [-0.05, 0) is 25.9 Å². The first-order valence-corrected chi connectivity index (χ1v) is 4.42. The molecular weight excluding hydrogens is 154 g/mol. The van der Waals surface area contributed by atoms with E-state index in [0.717, 1.165) is 6.54 Å². The van der Waals surface area contributed by atoms with Crippen molar-refractivity contribution in [2.75, 3.05) is 20.7 Å². The molecule has 0 spiro atoms. The molecule has 1 heterocycles. The topological polar surface area (TPSA) is 29.5 Å². The first-order chi connectivity index (χ1) is 5.65. The fourth-order valence-electron chi connectivity index (χ4n) is 1.81. The maximum Gasteiger partial charge on any atom is 0.307 e. The minimum absolute atomic E-state index is 0.0967. The molecule has 0 radical (unpaired) electrons. The Morgan fingerprint density at radius 1 is 1.67 bits per heavy atom. The SMILES string of the molecule is COC(=O)C[C@@H]1[C@@H](C)CCN1C. The first kappa shape index (κ1) is 9.52. The molecule has 2 atom stereocenters. The van der Waals surface area contributed by atoms with Gasteiger partial charge in [0.2, 0.25) is 0 Å². The van der Waals surface area contributed by atoms with Gasteiger partial charge in [0.15, 0.2) is 0 Å². The van der Waals surface area contributed by atoms with Crippen LogP contribution in [0.2, 0.25) is 0 Å². The molecule has 70 valence electrons. The van der Waals surface area contributed by atoms with E-state index in [1.807, 2.05) is 0 Å². The van der Waals surface area contributed by atoms with E-state index >= 15 is 0 Å². The maximum absolute atomic E-state index is 11.0. The van der Waals surface area contributed by atoms with Crippen LogP contribution in [0.4, 0.5) is 0 Å². The summed E-state index contributed by atoms with van der Waals surface area (Å²) in [5.74, 6) is 0.523. The van der Waals surface area contributed by atoms with Crippen LogP contribution in [0, 0.1) is 5.92 Å². The Kier molecular flexibility index (Phi) is 3.09. The number of carbonyl (C=O) groups is 1. The number of rotatable bonds is 2. The molecule has 0 bridgehead atoms. The molecule has 0 aliphatic carbocycles. The van der Waals surface area contributed by atoms with E-state index in [9.17, 15) is 4.79 Å². The largest absolute Gasteiger partial charge is 0.469 e. The summed E-state index contributed by atoms with van der Waals surface area (Å²) in [7, 11) is 3.51. The smallest absolute Gasteiger partial charge is 0.307 e. The lowest BCUT2D eigenvalue weighted by atomic mass is 10.0. The number of ether oxygens (including phenoxy) is 1. The molecule has 1 fully saturated rings. The van der Waals surface area contributed by atoms with Gasteiger partial charge in [0, 0.05) is 6.04 Å². The van der Waals surface area contributed by atoms with Crippen molar-refractivity contribution in [2.45, 2.75) is 25.8 Å². The number of nitrogens with zero attached hydrogens (tertiary/aromatic N) is 1. The number of methoxy groups -OCH3 is 1. The molecule has 0 amide bonds. The highest BCUT2D eigenvalue weighted by atomic mass is 16.5. The first-order valence-electron chi connectivity index (χ1n) is 4.42. The Morgan fingerprint density at radius 3 is 2.75 bits per heavy atom. The second-order valence-corrected chi connectivity index (χ2v) is 3.59. The van der Waals surface area contributed by atoms with Crippen LogP contribution >= 0.6 is 0 Å². The van der Waals surface area contributed by atoms with Crippen molar-refractivity contribution in [1.82, 2.24) is 4.90 Å². The number of hydrogen-bond donors (Lipinski definition) is 0. The van der Waals surface area contributed by atoms with E-state index in [1.165, 1.54) is 13.5 Å². The van der Waals surface area contributed by atoms with Crippen molar-refractivity contribution in [3.05, 3.63) is 0 Å². The van der Waals surface area contributed by atoms with Crippen LogP contribution < -0.4 is 0 Å². The third-order valence-electron chi connectivity index (χ3n) is 2.76. The Balaban J connectivity index is 2.44. The molecular formula is C9H17NO2. The van der Waals surface area contributed by atoms with Crippen molar-refractivity contribution in [3.8, 4) is 0 Å². The highest BCUT2D eigenvalue weighted by Crippen LogP contribution is 2.24. The lowest BCUT2D eigenvalue weighted by Crippen LogP contribution is -2.31. The molecule has 0 aromatic heterocycles. The van der Waals surface area contributed by atoms with Gasteiger partial charge in [0.05, 0.1) is 13.5 Å². The van der Waals surface area contributed by atoms with Gasteiger partial charge in [-0.1, -0.05) is 6.92 Å². The summed E-state index contributed by atoms with van der Waals surface area (Å²) in [6.45, 7) is 3.29. The zero-order valence-electron chi connectivity index (χ0n) is 8.04. The van der Waals surface area contributed by atoms with Crippen LogP contribution in [0.3, 0.4) is 0 Å². The predicted molar refractivity (Wildman–Crippen MR) is 46.8 cm³/mol. The summed E-state index contributed by atoms with van der Waals surface area (Å²) in [4.78, 5) is 13.2. The molecule has 3 nitrogen and oxygen atoms in total. The fourth-order valence-corrected chi connectivity index (χ4v) is 1.81. The minimum Gasteiger partial charge on any atom is -0.469 e. The van der Waals surface area contributed by atoms with Gasteiger partial charge in [0.1, 0.15) is 0 Å². The van der Waals surface area contributed by atoms with Crippen molar-refractivity contribution < 1.29 is 9.53 Å². The van der Waals surface area contributed by atoms with Gasteiger partial charge in [0.25, 0.3) is 0 Å². The molecule has 1 aliphatic heterocycles. The van der Waals surface area contributed by atoms with E-state index in [1.54, 1.807) is 0 Å². The Morgan fingerprint density at radius 2 is 2.33 bits per heavy atom. The molecule has 12 heavy (non-hydrogen) atoms. The van der Waals surface area contributed by atoms with E-state index in [-0.39, 0.29) is 5.97 Å². The fraction of sp³-hybridized carbons (Fsp3) is 0.889. The summed E-state index contributed by atoms with van der Waals surface area (Å²) in [6, 6.07) is 0.387. The molecule has 1 saturated heterocycles. The lowest BCUT2D eigenvalue weighted by Gasteiger charge is -2.21. The molecule has 1 rings (SSSR count). The average Bonchev–Trinajstić information content (AvgIpc) is 2.35. The highest BCUT2D eigenvalue weighted by molar-refractivity contribution is 5.70. The number of esters is 1. The zero-order valence-corrected chi connectivity index (χ0v) is 8.04. The van der Waals surface area contributed by atoms with E-state index in [2.05, 4.69) is 23.6 Å². The Labute approximate surface area is 73.7 Å². The summed E-state index contributed by atoms with van der Waals surface area (Å²) in [5, 5.41) is 0. The number of hydrogen-bond acceptors (Lipinski definition) is 3. The van der Waals surface area contributed by atoms with Gasteiger partial charge in [-0.3, -0.25) is 4.79 Å². The van der Waals surface area contributed by atoms with Crippen LogP contribution in [-0.2, 0) is 9.53 Å². The van der Waals surface area contributed by atoms with Crippen LogP contribution in [0.1, 0.15) is 19.8 Å². The van der Waals surface area contributed by atoms with Crippen LogP contribution in [-0.4, -0.2) is 37.6 Å². The second-order valence-electron chi connectivity index (χ2n) is 3.59. The van der Waals surface area contributed by atoms with Crippen LogP contribution in [0.25, 0.3) is 0 Å². The van der Waals surface area contributed by atoms with Gasteiger partial charge < -0.3 is 9.64 Å². The van der Waals surface area contributed by atoms with Crippen molar-refractivity contribution in [2.24, 2.45) is 5.92 Å². The molecule has 1 aliphatic rings. The highest BCUT2D eigenvalue weighted by Gasteiger charge is 2.30. The van der Waals surface area contributed by atoms with E-state index in [0.29, 0.717) is 18.4 Å². The lowest BCUT2D eigenvalue weighted by molar-refractivity contribution is -0.142. The third-order valence-corrected chi connectivity index (χ3v) is 2.76. The average molecular weight is 171 g/mol. The van der Waals surface area contributed by atoms with Gasteiger partial charge in [-0.15, -0.1) is 0 Å². The predicted octanol–water partition coefficient (Wildman–Crippen LogP) is 0.890. The molecule has 0 aromatic carbocycles. The van der Waals surface area contributed by atoms with Crippen molar-refractivity contribution in [3.63, 3.8) is 0 Å². The Hall–Kier alpha value is -0.570. The number of likely N-dealkylation sites (tertiary alicyclic amines) is 1. The monoisotopic (exact) mass is 171 g/mol. The summed E-state index contributed by atoms with van der Waals surface area (Å²) in [6.07, 6.45) is 1.73. The molecule has 0 saturated carbocycles. The quantitative estimate of drug-likeness (QED) is 0.578. The molecule has 0 unspecified atom stereocenters. The zero-order chi connectivity index (χ0) is 9.14. The van der Waals surface area contributed by atoms with Gasteiger partial charge in [-0.2, -0.15) is 0 Å². The minimum atomic E-state index is -0.0967. The normalized spacial score (nSPS) is 30.6.